The Morgan fingerprint density at radius 3 is 3.00 bits per heavy atom. The van der Waals surface area contributed by atoms with Crippen LogP contribution in [0.15, 0.2) is 27.1 Å². The number of aryl methyl sites for hydroxylation is 1. The van der Waals surface area contributed by atoms with Gasteiger partial charge < -0.3 is 18.4 Å². The Balaban J connectivity index is 1.75. The first-order valence-corrected chi connectivity index (χ1v) is 7.25. The zero-order valence-corrected chi connectivity index (χ0v) is 12.5. The Hall–Kier alpha value is -2.34. The predicted octanol–water partition coefficient (Wildman–Crippen LogP) is 3.30. The lowest BCUT2D eigenvalue weighted by molar-refractivity contribution is 0.192. The van der Waals surface area contributed by atoms with Crippen molar-refractivity contribution in [3.63, 3.8) is 0 Å². The van der Waals surface area contributed by atoms with Crippen molar-refractivity contribution < 1.29 is 18.4 Å². The molecule has 114 valence electrons. The second kappa shape index (κ2) is 5.14. The van der Waals surface area contributed by atoms with E-state index < -0.39 is 0 Å². The normalized spacial score (nSPS) is 18.2. The average Bonchev–Trinajstić information content (AvgIpc) is 3.26. The minimum absolute atomic E-state index is 0.210. The van der Waals surface area contributed by atoms with Crippen molar-refractivity contribution >= 4 is 11.0 Å². The fraction of sp³-hybridized carbons (Fsp3) is 0.375. The number of ether oxygens (including phenoxy) is 2. The van der Waals surface area contributed by atoms with Crippen LogP contribution in [0.2, 0.25) is 0 Å². The predicted molar refractivity (Wildman–Crippen MR) is 79.0 cm³/mol. The van der Waals surface area contributed by atoms with Crippen LogP contribution in [0.4, 0.5) is 0 Å². The Morgan fingerprint density at radius 1 is 1.32 bits per heavy atom. The molecule has 0 N–H and O–H groups in total. The molecule has 22 heavy (non-hydrogen) atoms. The summed E-state index contributed by atoms with van der Waals surface area (Å²) in [5.41, 5.74) is 1.73. The van der Waals surface area contributed by atoms with Gasteiger partial charge in [0.05, 0.1) is 13.7 Å². The summed E-state index contributed by atoms with van der Waals surface area (Å²) in [6, 6.07) is 5.73. The van der Waals surface area contributed by atoms with E-state index in [4.69, 9.17) is 18.4 Å². The summed E-state index contributed by atoms with van der Waals surface area (Å²) in [4.78, 5) is 4.48. The zero-order chi connectivity index (χ0) is 15.1. The number of benzene rings is 1. The summed E-state index contributed by atoms with van der Waals surface area (Å²) in [7, 11) is 1.63. The van der Waals surface area contributed by atoms with Crippen LogP contribution in [0.5, 0.6) is 5.75 Å². The molecule has 3 aromatic rings. The van der Waals surface area contributed by atoms with E-state index in [2.05, 4.69) is 10.1 Å². The van der Waals surface area contributed by atoms with Crippen LogP contribution in [0, 0.1) is 6.92 Å². The number of rotatable bonds is 3. The van der Waals surface area contributed by atoms with Gasteiger partial charge in [0.15, 0.2) is 11.6 Å². The molecule has 1 saturated heterocycles. The highest BCUT2D eigenvalue weighted by atomic mass is 16.5. The average molecular weight is 300 g/mol. The Bertz CT molecular complexity index is 815. The maximum atomic E-state index is 5.90. The molecule has 1 aromatic carbocycles. The van der Waals surface area contributed by atoms with Gasteiger partial charge in [-0.1, -0.05) is 5.16 Å². The minimum Gasteiger partial charge on any atom is -0.497 e. The van der Waals surface area contributed by atoms with Gasteiger partial charge in [0.1, 0.15) is 11.3 Å². The van der Waals surface area contributed by atoms with E-state index in [0.717, 1.165) is 35.3 Å². The highest BCUT2D eigenvalue weighted by Gasteiger charge is 2.25. The highest BCUT2D eigenvalue weighted by Crippen LogP contribution is 2.34. The van der Waals surface area contributed by atoms with Crippen molar-refractivity contribution in [2.24, 2.45) is 0 Å². The van der Waals surface area contributed by atoms with E-state index >= 15 is 0 Å². The highest BCUT2D eigenvalue weighted by molar-refractivity contribution is 5.87. The molecule has 1 aliphatic heterocycles. The quantitative estimate of drug-likeness (QED) is 0.739. The molecule has 0 radical (unpaired) electrons. The molecule has 6 heteroatoms. The number of nitrogens with zero attached hydrogens (tertiary/aromatic N) is 2. The molecular formula is C16H16N2O4. The van der Waals surface area contributed by atoms with Crippen molar-refractivity contribution in [2.45, 2.75) is 19.3 Å². The molecule has 6 nitrogen and oxygen atoms in total. The van der Waals surface area contributed by atoms with E-state index in [-0.39, 0.29) is 5.92 Å². The molecule has 1 atom stereocenters. The minimum atomic E-state index is 0.210. The third kappa shape index (κ3) is 2.07. The van der Waals surface area contributed by atoms with E-state index in [1.165, 1.54) is 0 Å². The van der Waals surface area contributed by atoms with Crippen molar-refractivity contribution in [1.82, 2.24) is 10.1 Å². The van der Waals surface area contributed by atoms with Gasteiger partial charge in [-0.3, -0.25) is 0 Å². The summed E-state index contributed by atoms with van der Waals surface area (Å²) in [6.45, 7) is 3.38. The molecule has 1 fully saturated rings. The summed E-state index contributed by atoms with van der Waals surface area (Å²) in [6.07, 6.45) is 0.926. The van der Waals surface area contributed by atoms with Crippen LogP contribution in [0.3, 0.4) is 0 Å². The second-order valence-electron chi connectivity index (χ2n) is 5.44. The third-order valence-corrected chi connectivity index (χ3v) is 4.08. The van der Waals surface area contributed by atoms with Gasteiger partial charge >= 0.3 is 0 Å². The summed E-state index contributed by atoms with van der Waals surface area (Å²) < 4.78 is 21.9. The molecular weight excluding hydrogens is 284 g/mol. The number of furan rings is 1. The molecule has 1 aliphatic rings. The lowest BCUT2D eigenvalue weighted by Crippen LogP contribution is -1.99. The molecule has 3 heterocycles. The van der Waals surface area contributed by atoms with Crippen LogP contribution in [0.1, 0.15) is 23.7 Å². The molecule has 0 aliphatic carbocycles. The molecule has 0 saturated carbocycles. The summed E-state index contributed by atoms with van der Waals surface area (Å²) in [5, 5.41) is 5.08. The monoisotopic (exact) mass is 300 g/mol. The maximum absolute atomic E-state index is 5.90. The van der Waals surface area contributed by atoms with Crippen LogP contribution < -0.4 is 4.74 Å². The van der Waals surface area contributed by atoms with Crippen LogP contribution in [0.25, 0.3) is 22.6 Å². The van der Waals surface area contributed by atoms with Gasteiger partial charge in [-0.2, -0.15) is 4.98 Å². The zero-order valence-electron chi connectivity index (χ0n) is 12.5. The van der Waals surface area contributed by atoms with Crippen LogP contribution in [-0.2, 0) is 4.74 Å². The van der Waals surface area contributed by atoms with Crippen LogP contribution >= 0.6 is 0 Å². The molecule has 2 aromatic heterocycles. The van der Waals surface area contributed by atoms with E-state index in [1.54, 1.807) is 7.11 Å². The standard InChI is InChI=1S/C16H16N2O4/c1-9-12-4-3-11(19-2)7-13(12)21-14(9)16-17-15(18-22-16)10-5-6-20-8-10/h3-4,7,10H,5-6,8H2,1-2H3/t10-/m0/s1. The van der Waals surface area contributed by atoms with Crippen LogP contribution in [-0.4, -0.2) is 30.5 Å². The first-order chi connectivity index (χ1) is 10.8. The first kappa shape index (κ1) is 13.3. The van der Waals surface area contributed by atoms with Gasteiger partial charge in [-0.25, -0.2) is 0 Å². The van der Waals surface area contributed by atoms with Gasteiger partial charge in [0.2, 0.25) is 0 Å². The Kier molecular flexibility index (Phi) is 3.11. The largest absolute Gasteiger partial charge is 0.497 e. The summed E-state index contributed by atoms with van der Waals surface area (Å²) in [5.74, 6) is 2.67. The SMILES string of the molecule is COc1ccc2c(C)c(-c3nc([C@H]4CCOC4)no3)oc2c1. The van der Waals surface area contributed by atoms with Gasteiger partial charge in [-0.05, 0) is 25.5 Å². The maximum Gasteiger partial charge on any atom is 0.293 e. The molecule has 4 rings (SSSR count). The number of methoxy groups -OCH3 is 1. The summed E-state index contributed by atoms with van der Waals surface area (Å²) >= 11 is 0. The van der Waals surface area contributed by atoms with Gasteiger partial charge in [0.25, 0.3) is 5.89 Å². The second-order valence-corrected chi connectivity index (χ2v) is 5.44. The molecule has 0 unspecified atom stereocenters. The molecule has 0 amide bonds. The van der Waals surface area contributed by atoms with E-state index in [9.17, 15) is 0 Å². The van der Waals surface area contributed by atoms with Gasteiger partial charge in [-0.15, -0.1) is 0 Å². The first-order valence-electron chi connectivity index (χ1n) is 7.25. The van der Waals surface area contributed by atoms with Crippen molar-refractivity contribution in [2.75, 3.05) is 20.3 Å². The number of hydrogen-bond acceptors (Lipinski definition) is 6. The van der Waals surface area contributed by atoms with Crippen molar-refractivity contribution in [3.8, 4) is 17.4 Å². The topological polar surface area (TPSA) is 70.5 Å². The Labute approximate surface area is 127 Å². The fourth-order valence-corrected chi connectivity index (χ4v) is 2.77. The number of aromatic nitrogens is 2. The lowest BCUT2D eigenvalue weighted by Gasteiger charge is -1.97. The van der Waals surface area contributed by atoms with Crippen molar-refractivity contribution in [3.05, 3.63) is 29.6 Å². The molecule has 0 bridgehead atoms. The van der Waals surface area contributed by atoms with E-state index in [0.29, 0.717) is 24.1 Å². The van der Waals surface area contributed by atoms with E-state index in [1.807, 2.05) is 25.1 Å². The smallest absolute Gasteiger partial charge is 0.293 e. The number of hydrogen-bond donors (Lipinski definition) is 0. The lowest BCUT2D eigenvalue weighted by atomic mass is 10.1. The van der Waals surface area contributed by atoms with Crippen molar-refractivity contribution in [1.29, 1.82) is 0 Å². The van der Waals surface area contributed by atoms with Gasteiger partial charge in [0, 0.05) is 29.5 Å². The molecule has 0 spiro atoms. The third-order valence-electron chi connectivity index (χ3n) is 4.08. The fourth-order valence-electron chi connectivity index (χ4n) is 2.77. The Morgan fingerprint density at radius 2 is 2.23 bits per heavy atom. The number of fused-ring (bicyclic) bond motifs is 1.